The van der Waals surface area contributed by atoms with Gasteiger partial charge in [-0.2, -0.15) is 5.26 Å². The van der Waals surface area contributed by atoms with E-state index in [0.717, 1.165) is 4.90 Å². The van der Waals surface area contributed by atoms with E-state index >= 15 is 0 Å². The zero-order chi connectivity index (χ0) is 8.85. The van der Waals surface area contributed by atoms with Crippen molar-refractivity contribution >= 4 is 5.91 Å². The normalized spacial score (nSPS) is 10.1. The van der Waals surface area contributed by atoms with Crippen molar-refractivity contribution in [3.8, 4) is 6.19 Å². The fourth-order valence-electron chi connectivity index (χ4n) is 0.436. The smallest absolute Gasteiger partial charge is 0.259 e. The second kappa shape index (κ2) is 4.51. The standard InChI is InChI=1S/C8H12N2O/c1-7(2)4-5-8(11)10(3)6-9/h4-5,7H,1-3H3. The first-order valence-corrected chi connectivity index (χ1v) is 3.43. The largest absolute Gasteiger partial charge is 0.269 e. The average molecular weight is 152 g/mol. The molecule has 0 unspecified atom stereocenters. The Morgan fingerprint density at radius 2 is 2.18 bits per heavy atom. The molecule has 0 aromatic heterocycles. The van der Waals surface area contributed by atoms with Crippen molar-refractivity contribution in [3.05, 3.63) is 12.2 Å². The van der Waals surface area contributed by atoms with Gasteiger partial charge in [-0.1, -0.05) is 19.9 Å². The van der Waals surface area contributed by atoms with Gasteiger partial charge in [0, 0.05) is 13.1 Å². The number of nitrogens with zero attached hydrogens (tertiary/aromatic N) is 2. The molecular formula is C8H12N2O. The first-order valence-electron chi connectivity index (χ1n) is 3.43. The van der Waals surface area contributed by atoms with E-state index in [-0.39, 0.29) is 5.91 Å². The molecule has 0 aromatic rings. The van der Waals surface area contributed by atoms with Crippen LogP contribution >= 0.6 is 0 Å². The zero-order valence-electron chi connectivity index (χ0n) is 7.03. The van der Waals surface area contributed by atoms with Crippen LogP contribution in [0.1, 0.15) is 13.8 Å². The molecule has 0 bridgehead atoms. The summed E-state index contributed by atoms with van der Waals surface area (Å²) >= 11 is 0. The first-order chi connectivity index (χ1) is 5.07. The minimum Gasteiger partial charge on any atom is -0.269 e. The first kappa shape index (κ1) is 9.70. The van der Waals surface area contributed by atoms with Crippen LogP contribution < -0.4 is 0 Å². The number of likely N-dealkylation sites (N-methyl/N-ethyl adjacent to an activating group) is 1. The molecule has 1 amide bonds. The van der Waals surface area contributed by atoms with Crippen LogP contribution in [0.15, 0.2) is 12.2 Å². The van der Waals surface area contributed by atoms with Gasteiger partial charge < -0.3 is 0 Å². The van der Waals surface area contributed by atoms with Crippen LogP contribution in [-0.2, 0) is 4.79 Å². The maximum Gasteiger partial charge on any atom is 0.259 e. The van der Waals surface area contributed by atoms with Crippen LogP contribution in [0.4, 0.5) is 0 Å². The molecule has 0 heterocycles. The number of hydrogen-bond acceptors (Lipinski definition) is 2. The summed E-state index contributed by atoms with van der Waals surface area (Å²) < 4.78 is 0. The van der Waals surface area contributed by atoms with Gasteiger partial charge in [-0.05, 0) is 5.92 Å². The molecule has 0 saturated heterocycles. The minimum absolute atomic E-state index is 0.277. The van der Waals surface area contributed by atoms with Crippen LogP contribution in [0, 0.1) is 17.4 Å². The van der Waals surface area contributed by atoms with Crippen molar-refractivity contribution in [2.75, 3.05) is 7.05 Å². The summed E-state index contributed by atoms with van der Waals surface area (Å²) in [4.78, 5) is 11.9. The lowest BCUT2D eigenvalue weighted by molar-refractivity contribution is -0.122. The molecule has 0 fully saturated rings. The van der Waals surface area contributed by atoms with Gasteiger partial charge in [0.2, 0.25) is 0 Å². The van der Waals surface area contributed by atoms with Gasteiger partial charge >= 0.3 is 0 Å². The Morgan fingerprint density at radius 3 is 2.55 bits per heavy atom. The molecule has 0 saturated carbocycles. The third-order valence-corrected chi connectivity index (χ3v) is 1.10. The summed E-state index contributed by atoms with van der Waals surface area (Å²) in [5.74, 6) is 0.0623. The maximum absolute atomic E-state index is 10.9. The van der Waals surface area contributed by atoms with Gasteiger partial charge in [-0.25, -0.2) is 4.90 Å². The molecule has 0 N–H and O–H groups in total. The highest BCUT2D eigenvalue weighted by Crippen LogP contribution is 1.94. The van der Waals surface area contributed by atoms with Crippen molar-refractivity contribution < 1.29 is 4.79 Å². The lowest BCUT2D eigenvalue weighted by atomic mass is 10.2. The minimum atomic E-state index is -0.277. The van der Waals surface area contributed by atoms with Gasteiger partial charge in [0.15, 0.2) is 6.19 Å². The van der Waals surface area contributed by atoms with E-state index in [1.54, 1.807) is 12.3 Å². The Bertz CT molecular complexity index is 201. The van der Waals surface area contributed by atoms with Gasteiger partial charge in [0.05, 0.1) is 0 Å². The second-order valence-corrected chi connectivity index (χ2v) is 2.60. The lowest BCUT2D eigenvalue weighted by Crippen LogP contribution is -2.18. The molecule has 0 radical (unpaired) electrons. The van der Waals surface area contributed by atoms with E-state index < -0.39 is 0 Å². The third kappa shape index (κ3) is 4.15. The molecule has 11 heavy (non-hydrogen) atoms. The van der Waals surface area contributed by atoms with Gasteiger partial charge in [0.25, 0.3) is 5.91 Å². The number of allylic oxidation sites excluding steroid dienone is 1. The summed E-state index contributed by atoms with van der Waals surface area (Å²) in [7, 11) is 1.44. The second-order valence-electron chi connectivity index (χ2n) is 2.60. The van der Waals surface area contributed by atoms with Crippen LogP contribution in [-0.4, -0.2) is 17.9 Å². The number of hydrogen-bond donors (Lipinski definition) is 0. The highest BCUT2D eigenvalue weighted by Gasteiger charge is 2.00. The third-order valence-electron chi connectivity index (χ3n) is 1.10. The molecule has 0 aliphatic carbocycles. The van der Waals surface area contributed by atoms with E-state index in [1.807, 2.05) is 13.8 Å². The Balaban J connectivity index is 3.99. The molecule has 0 rings (SSSR count). The summed E-state index contributed by atoms with van der Waals surface area (Å²) in [5.41, 5.74) is 0. The van der Waals surface area contributed by atoms with Gasteiger partial charge in [-0.15, -0.1) is 0 Å². The highest BCUT2D eigenvalue weighted by molar-refractivity contribution is 5.88. The average Bonchev–Trinajstić information content (AvgIpc) is 1.98. The predicted molar refractivity (Wildman–Crippen MR) is 42.4 cm³/mol. The fraction of sp³-hybridized carbons (Fsp3) is 0.500. The summed E-state index contributed by atoms with van der Waals surface area (Å²) in [5, 5.41) is 8.29. The van der Waals surface area contributed by atoms with E-state index in [2.05, 4.69) is 0 Å². The molecule has 0 aliphatic rings. The number of carbonyl (C=O) groups is 1. The quantitative estimate of drug-likeness (QED) is 0.338. The van der Waals surface area contributed by atoms with Crippen LogP contribution in [0.25, 0.3) is 0 Å². The number of carbonyl (C=O) groups excluding carboxylic acids is 1. The molecular weight excluding hydrogens is 140 g/mol. The Kier molecular flexibility index (Phi) is 3.97. The van der Waals surface area contributed by atoms with Crippen LogP contribution in [0.3, 0.4) is 0 Å². The summed E-state index contributed by atoms with van der Waals surface area (Å²) in [6.45, 7) is 3.94. The Morgan fingerprint density at radius 1 is 1.64 bits per heavy atom. The van der Waals surface area contributed by atoms with Crippen molar-refractivity contribution in [1.29, 1.82) is 5.26 Å². The van der Waals surface area contributed by atoms with E-state index in [0.29, 0.717) is 5.92 Å². The van der Waals surface area contributed by atoms with E-state index in [4.69, 9.17) is 5.26 Å². The van der Waals surface area contributed by atoms with E-state index in [1.165, 1.54) is 13.1 Å². The topological polar surface area (TPSA) is 44.1 Å². The zero-order valence-corrected chi connectivity index (χ0v) is 7.03. The SMILES string of the molecule is CC(C)C=CC(=O)N(C)C#N. The molecule has 3 nitrogen and oxygen atoms in total. The number of rotatable bonds is 2. The van der Waals surface area contributed by atoms with Crippen molar-refractivity contribution in [1.82, 2.24) is 4.90 Å². The molecule has 0 aliphatic heterocycles. The monoisotopic (exact) mass is 152 g/mol. The van der Waals surface area contributed by atoms with Crippen LogP contribution in [0.5, 0.6) is 0 Å². The van der Waals surface area contributed by atoms with Crippen LogP contribution in [0.2, 0.25) is 0 Å². The number of amides is 1. The summed E-state index contributed by atoms with van der Waals surface area (Å²) in [6.07, 6.45) is 4.89. The fourth-order valence-corrected chi connectivity index (χ4v) is 0.436. The Hall–Kier alpha value is -1.30. The van der Waals surface area contributed by atoms with Crippen molar-refractivity contribution in [2.45, 2.75) is 13.8 Å². The maximum atomic E-state index is 10.9. The highest BCUT2D eigenvalue weighted by atomic mass is 16.2. The molecule has 0 atom stereocenters. The van der Waals surface area contributed by atoms with Gasteiger partial charge in [-0.3, -0.25) is 4.79 Å². The number of nitriles is 1. The van der Waals surface area contributed by atoms with Crippen molar-refractivity contribution in [2.24, 2.45) is 5.92 Å². The molecule has 3 heteroatoms. The van der Waals surface area contributed by atoms with Crippen molar-refractivity contribution in [3.63, 3.8) is 0 Å². The lowest BCUT2D eigenvalue weighted by Gasteiger charge is -2.01. The molecule has 60 valence electrons. The Labute approximate surface area is 66.9 Å². The molecule has 0 aromatic carbocycles. The van der Waals surface area contributed by atoms with E-state index in [9.17, 15) is 4.79 Å². The summed E-state index contributed by atoms with van der Waals surface area (Å²) in [6, 6.07) is 0. The van der Waals surface area contributed by atoms with Gasteiger partial charge in [0.1, 0.15) is 0 Å². The predicted octanol–water partition coefficient (Wildman–Crippen LogP) is 1.14. The molecule has 0 spiro atoms.